The molecule has 1 aromatic heterocycles. The molecule has 2 aromatic rings. The Morgan fingerprint density at radius 1 is 1.18 bits per heavy atom. The van der Waals surface area contributed by atoms with Crippen LogP contribution in [0.25, 0.3) is 11.1 Å². The molecule has 2 fully saturated rings. The summed E-state index contributed by atoms with van der Waals surface area (Å²) in [7, 11) is 0. The Balaban J connectivity index is 1.45. The van der Waals surface area contributed by atoms with Crippen LogP contribution < -0.4 is 5.32 Å². The number of oxazole rings is 1. The summed E-state index contributed by atoms with van der Waals surface area (Å²) in [6.45, 7) is 1.57. The van der Waals surface area contributed by atoms with Crippen LogP contribution >= 0.6 is 0 Å². The first-order valence-corrected chi connectivity index (χ1v) is 7.64. The number of benzene rings is 1. The second kappa shape index (κ2) is 5.21. The lowest BCUT2D eigenvalue weighted by molar-refractivity contribution is -0.126. The molecule has 6 nitrogen and oxygen atoms in total. The summed E-state index contributed by atoms with van der Waals surface area (Å²) < 4.78 is 5.84. The molecule has 6 heteroatoms. The number of carbonyl (C=O) groups is 2. The lowest BCUT2D eigenvalue weighted by Gasteiger charge is -2.33. The number of piperidine rings is 1. The SMILES string of the molecule is O=C1C[C@H](N2CCC(c3nc4ccccc4o3)CC2)C(=O)N1. The average Bonchev–Trinajstić information content (AvgIpc) is 3.10. The Bertz CT molecular complexity index is 698. The minimum atomic E-state index is -0.294. The molecular formula is C16H17N3O3. The van der Waals surface area contributed by atoms with Gasteiger partial charge in [-0.05, 0) is 38.1 Å². The van der Waals surface area contributed by atoms with Crippen molar-refractivity contribution in [2.45, 2.75) is 31.2 Å². The molecular weight excluding hydrogens is 282 g/mol. The van der Waals surface area contributed by atoms with Crippen molar-refractivity contribution in [1.29, 1.82) is 0 Å². The van der Waals surface area contributed by atoms with Gasteiger partial charge in [0.2, 0.25) is 11.8 Å². The van der Waals surface area contributed by atoms with Gasteiger partial charge in [0.1, 0.15) is 5.52 Å². The summed E-state index contributed by atoms with van der Waals surface area (Å²) in [6.07, 6.45) is 2.07. The number of fused-ring (bicyclic) bond motifs is 1. The number of hydrogen-bond donors (Lipinski definition) is 1. The molecule has 1 atom stereocenters. The van der Waals surface area contributed by atoms with Crippen LogP contribution in [0.4, 0.5) is 0 Å². The van der Waals surface area contributed by atoms with Crippen LogP contribution in [-0.2, 0) is 9.59 Å². The molecule has 2 aliphatic heterocycles. The molecule has 2 aliphatic rings. The van der Waals surface area contributed by atoms with Crippen molar-refractivity contribution in [3.8, 4) is 0 Å². The number of aromatic nitrogens is 1. The minimum absolute atomic E-state index is 0.162. The van der Waals surface area contributed by atoms with Crippen molar-refractivity contribution >= 4 is 22.9 Å². The van der Waals surface area contributed by atoms with Crippen LogP contribution in [0.5, 0.6) is 0 Å². The third-order valence-electron chi connectivity index (χ3n) is 4.57. The third-order valence-corrected chi connectivity index (χ3v) is 4.57. The quantitative estimate of drug-likeness (QED) is 0.849. The fourth-order valence-electron chi connectivity index (χ4n) is 3.36. The number of nitrogens with zero attached hydrogens (tertiary/aromatic N) is 2. The maximum Gasteiger partial charge on any atom is 0.244 e. The Morgan fingerprint density at radius 3 is 2.64 bits per heavy atom. The molecule has 2 saturated heterocycles. The molecule has 0 unspecified atom stereocenters. The van der Waals surface area contributed by atoms with Gasteiger partial charge in [-0.2, -0.15) is 0 Å². The highest BCUT2D eigenvalue weighted by Gasteiger charge is 2.37. The van der Waals surface area contributed by atoms with Crippen LogP contribution in [0.1, 0.15) is 31.1 Å². The smallest absolute Gasteiger partial charge is 0.244 e. The first-order valence-electron chi connectivity index (χ1n) is 7.64. The summed E-state index contributed by atoms with van der Waals surface area (Å²) in [5.74, 6) is 0.734. The predicted molar refractivity (Wildman–Crippen MR) is 79.1 cm³/mol. The first kappa shape index (κ1) is 13.5. The molecule has 4 rings (SSSR count). The van der Waals surface area contributed by atoms with E-state index in [1.54, 1.807) is 0 Å². The molecule has 1 N–H and O–H groups in total. The molecule has 3 heterocycles. The fraction of sp³-hybridized carbons (Fsp3) is 0.438. The molecule has 0 bridgehead atoms. The number of para-hydroxylation sites is 2. The largest absolute Gasteiger partial charge is 0.440 e. The zero-order chi connectivity index (χ0) is 15.1. The average molecular weight is 299 g/mol. The van der Waals surface area contributed by atoms with E-state index < -0.39 is 0 Å². The van der Waals surface area contributed by atoms with Gasteiger partial charge in [-0.3, -0.25) is 19.8 Å². The van der Waals surface area contributed by atoms with Crippen LogP contribution in [0.3, 0.4) is 0 Å². The van der Waals surface area contributed by atoms with Gasteiger partial charge in [0, 0.05) is 5.92 Å². The zero-order valence-electron chi connectivity index (χ0n) is 12.1. The lowest BCUT2D eigenvalue weighted by Crippen LogP contribution is -2.44. The standard InChI is InChI=1S/C16H17N3O3/c20-14-9-12(15(21)18-14)19-7-5-10(6-8-19)16-17-11-3-1-2-4-13(11)22-16/h1-4,10,12H,5-9H2,(H,18,20,21)/t12-/m0/s1. The number of rotatable bonds is 2. The van der Waals surface area contributed by atoms with Gasteiger partial charge in [0.15, 0.2) is 11.5 Å². The zero-order valence-corrected chi connectivity index (χ0v) is 12.1. The van der Waals surface area contributed by atoms with Crippen molar-refractivity contribution in [3.05, 3.63) is 30.2 Å². The molecule has 0 saturated carbocycles. The normalized spacial score (nSPS) is 24.1. The maximum atomic E-state index is 11.7. The topological polar surface area (TPSA) is 75.4 Å². The monoisotopic (exact) mass is 299 g/mol. The van der Waals surface area contributed by atoms with Gasteiger partial charge in [-0.25, -0.2) is 4.98 Å². The van der Waals surface area contributed by atoms with Crippen LogP contribution in [0, 0.1) is 0 Å². The van der Waals surface area contributed by atoms with Crippen molar-refractivity contribution < 1.29 is 14.0 Å². The lowest BCUT2D eigenvalue weighted by atomic mass is 9.95. The number of amides is 2. The molecule has 0 spiro atoms. The van der Waals surface area contributed by atoms with Gasteiger partial charge in [0.05, 0.1) is 12.5 Å². The van der Waals surface area contributed by atoms with Gasteiger partial charge in [0.25, 0.3) is 0 Å². The van der Waals surface area contributed by atoms with Crippen molar-refractivity contribution in [2.75, 3.05) is 13.1 Å². The molecule has 22 heavy (non-hydrogen) atoms. The van der Waals surface area contributed by atoms with E-state index in [9.17, 15) is 9.59 Å². The minimum Gasteiger partial charge on any atom is -0.440 e. The summed E-state index contributed by atoms with van der Waals surface area (Å²) in [6, 6.07) is 7.47. The number of carbonyl (C=O) groups excluding carboxylic acids is 2. The Morgan fingerprint density at radius 2 is 1.95 bits per heavy atom. The predicted octanol–water partition coefficient (Wildman–Crippen LogP) is 1.42. The highest BCUT2D eigenvalue weighted by Crippen LogP contribution is 2.31. The molecule has 2 amide bonds. The highest BCUT2D eigenvalue weighted by atomic mass is 16.3. The maximum absolute atomic E-state index is 11.7. The number of nitrogens with one attached hydrogen (secondary N) is 1. The van der Waals surface area contributed by atoms with E-state index >= 15 is 0 Å². The van der Waals surface area contributed by atoms with E-state index in [2.05, 4.69) is 15.2 Å². The van der Waals surface area contributed by atoms with Gasteiger partial charge in [-0.1, -0.05) is 12.1 Å². The van der Waals surface area contributed by atoms with E-state index in [1.165, 1.54) is 0 Å². The van der Waals surface area contributed by atoms with Crippen molar-refractivity contribution in [3.63, 3.8) is 0 Å². The van der Waals surface area contributed by atoms with Crippen LogP contribution in [-0.4, -0.2) is 40.8 Å². The summed E-state index contributed by atoms with van der Waals surface area (Å²) >= 11 is 0. The second-order valence-electron chi connectivity index (χ2n) is 5.96. The second-order valence-corrected chi connectivity index (χ2v) is 5.96. The number of hydrogen-bond acceptors (Lipinski definition) is 5. The van der Waals surface area contributed by atoms with Crippen LogP contribution in [0.2, 0.25) is 0 Å². The molecule has 1 aromatic carbocycles. The van der Waals surface area contributed by atoms with E-state index in [4.69, 9.17) is 4.42 Å². The van der Waals surface area contributed by atoms with E-state index in [0.717, 1.165) is 42.9 Å². The van der Waals surface area contributed by atoms with E-state index in [1.807, 2.05) is 24.3 Å². The molecule has 0 aliphatic carbocycles. The van der Waals surface area contributed by atoms with Gasteiger partial charge < -0.3 is 4.42 Å². The third kappa shape index (κ3) is 2.29. The van der Waals surface area contributed by atoms with Gasteiger partial charge in [-0.15, -0.1) is 0 Å². The van der Waals surface area contributed by atoms with Crippen molar-refractivity contribution in [1.82, 2.24) is 15.2 Å². The summed E-state index contributed by atoms with van der Waals surface area (Å²) in [5.41, 5.74) is 1.71. The van der Waals surface area contributed by atoms with E-state index in [0.29, 0.717) is 0 Å². The first-order chi connectivity index (χ1) is 10.7. The van der Waals surface area contributed by atoms with E-state index in [-0.39, 0.29) is 30.2 Å². The van der Waals surface area contributed by atoms with Crippen molar-refractivity contribution in [2.24, 2.45) is 0 Å². The Hall–Kier alpha value is -2.21. The molecule has 114 valence electrons. The van der Waals surface area contributed by atoms with Gasteiger partial charge >= 0.3 is 0 Å². The Kier molecular flexibility index (Phi) is 3.18. The highest BCUT2D eigenvalue weighted by molar-refractivity contribution is 6.05. The number of imide groups is 1. The molecule has 0 radical (unpaired) electrons. The summed E-state index contributed by atoms with van der Waals surface area (Å²) in [4.78, 5) is 29.7. The fourth-order valence-corrected chi connectivity index (χ4v) is 3.36. The van der Waals surface area contributed by atoms with Crippen LogP contribution in [0.15, 0.2) is 28.7 Å². The number of likely N-dealkylation sites (tertiary alicyclic amines) is 1. The Labute approximate surface area is 127 Å². The summed E-state index contributed by atoms with van der Waals surface area (Å²) in [5, 5.41) is 2.37.